The van der Waals surface area contributed by atoms with Crippen molar-refractivity contribution in [2.24, 2.45) is 0 Å². The van der Waals surface area contributed by atoms with Crippen LogP contribution in [-0.2, 0) is 0 Å². The van der Waals surface area contributed by atoms with E-state index in [4.69, 9.17) is 0 Å². The van der Waals surface area contributed by atoms with Gasteiger partial charge in [0.15, 0.2) is 0 Å². The molecule has 17 heavy (non-hydrogen) atoms. The first-order valence-electron chi connectivity index (χ1n) is 5.75. The Bertz CT molecular complexity index is 547. The highest BCUT2D eigenvalue weighted by Gasteiger charge is 2.08. The molecule has 0 spiro atoms. The molecule has 1 atom stereocenters. The molecule has 0 aliphatic carbocycles. The standard InChI is InChI=1S/C14H18N2O/c1-9-7-14(16(3)4)12-8-11(10(2)17)5-6-13(12)15-9/h5-8,10,17H,1-4H3. The molecule has 90 valence electrons. The highest BCUT2D eigenvalue weighted by Crippen LogP contribution is 2.28. The number of aromatic nitrogens is 1. The van der Waals surface area contributed by atoms with Gasteiger partial charge in [0.05, 0.1) is 11.6 Å². The average molecular weight is 230 g/mol. The minimum Gasteiger partial charge on any atom is -0.389 e. The van der Waals surface area contributed by atoms with Crippen molar-refractivity contribution in [3.05, 3.63) is 35.5 Å². The van der Waals surface area contributed by atoms with Crippen molar-refractivity contribution in [2.45, 2.75) is 20.0 Å². The molecule has 1 N–H and O–H groups in total. The van der Waals surface area contributed by atoms with E-state index < -0.39 is 6.10 Å². The van der Waals surface area contributed by atoms with E-state index >= 15 is 0 Å². The average Bonchev–Trinajstić information content (AvgIpc) is 2.26. The topological polar surface area (TPSA) is 36.4 Å². The molecule has 0 saturated heterocycles. The third kappa shape index (κ3) is 2.24. The molecule has 3 nitrogen and oxygen atoms in total. The lowest BCUT2D eigenvalue weighted by molar-refractivity contribution is 0.199. The number of nitrogens with zero attached hydrogens (tertiary/aromatic N) is 2. The maximum atomic E-state index is 9.63. The molecule has 0 bridgehead atoms. The molecule has 0 saturated carbocycles. The van der Waals surface area contributed by atoms with Gasteiger partial charge in [-0.05, 0) is 37.6 Å². The van der Waals surface area contributed by atoms with E-state index in [1.165, 1.54) is 0 Å². The van der Waals surface area contributed by atoms with Gasteiger partial charge in [-0.25, -0.2) is 0 Å². The van der Waals surface area contributed by atoms with E-state index in [1.807, 2.05) is 39.2 Å². The van der Waals surface area contributed by atoms with Gasteiger partial charge in [0, 0.05) is 30.9 Å². The number of anilines is 1. The van der Waals surface area contributed by atoms with Crippen LogP contribution in [0, 0.1) is 6.92 Å². The molecule has 1 aromatic heterocycles. The lowest BCUT2D eigenvalue weighted by Gasteiger charge is -2.17. The van der Waals surface area contributed by atoms with Crippen molar-refractivity contribution in [3.8, 4) is 0 Å². The number of pyridine rings is 1. The second-order valence-corrected chi connectivity index (χ2v) is 4.63. The van der Waals surface area contributed by atoms with Crippen LogP contribution in [0.4, 0.5) is 5.69 Å². The SMILES string of the molecule is Cc1cc(N(C)C)c2cc(C(C)O)ccc2n1. The molecular formula is C14H18N2O. The Hall–Kier alpha value is -1.61. The van der Waals surface area contributed by atoms with Crippen LogP contribution < -0.4 is 4.90 Å². The molecule has 0 amide bonds. The fourth-order valence-corrected chi connectivity index (χ4v) is 1.98. The maximum absolute atomic E-state index is 9.63. The predicted molar refractivity (Wildman–Crippen MR) is 71.4 cm³/mol. The zero-order valence-corrected chi connectivity index (χ0v) is 10.7. The van der Waals surface area contributed by atoms with E-state index in [-0.39, 0.29) is 0 Å². The quantitative estimate of drug-likeness (QED) is 0.861. The van der Waals surface area contributed by atoms with Gasteiger partial charge >= 0.3 is 0 Å². The van der Waals surface area contributed by atoms with Crippen molar-refractivity contribution in [1.82, 2.24) is 4.98 Å². The van der Waals surface area contributed by atoms with Gasteiger partial charge in [-0.15, -0.1) is 0 Å². The van der Waals surface area contributed by atoms with Crippen LogP contribution in [0.25, 0.3) is 10.9 Å². The zero-order valence-electron chi connectivity index (χ0n) is 10.7. The van der Waals surface area contributed by atoms with Crippen LogP contribution >= 0.6 is 0 Å². The van der Waals surface area contributed by atoms with Crippen LogP contribution in [0.5, 0.6) is 0 Å². The molecule has 0 fully saturated rings. The summed E-state index contributed by atoms with van der Waals surface area (Å²) in [6.07, 6.45) is -0.448. The molecule has 3 heteroatoms. The highest BCUT2D eigenvalue weighted by molar-refractivity contribution is 5.92. The van der Waals surface area contributed by atoms with Gasteiger partial charge in [-0.2, -0.15) is 0 Å². The van der Waals surface area contributed by atoms with Crippen molar-refractivity contribution in [3.63, 3.8) is 0 Å². The molecule has 2 aromatic rings. The summed E-state index contributed by atoms with van der Waals surface area (Å²) < 4.78 is 0. The lowest BCUT2D eigenvalue weighted by atomic mass is 10.1. The minimum atomic E-state index is -0.448. The first-order chi connectivity index (χ1) is 7.99. The van der Waals surface area contributed by atoms with Crippen molar-refractivity contribution < 1.29 is 5.11 Å². The summed E-state index contributed by atoms with van der Waals surface area (Å²) in [6.45, 7) is 3.77. The predicted octanol–water partition coefficient (Wildman–Crippen LogP) is 2.66. The van der Waals surface area contributed by atoms with Gasteiger partial charge in [0.25, 0.3) is 0 Å². The number of aryl methyl sites for hydroxylation is 1. The van der Waals surface area contributed by atoms with Crippen molar-refractivity contribution in [2.75, 3.05) is 19.0 Å². The second kappa shape index (κ2) is 4.34. The summed E-state index contributed by atoms with van der Waals surface area (Å²) in [5.41, 5.74) is 4.03. The van der Waals surface area contributed by atoms with Crippen LogP contribution in [-0.4, -0.2) is 24.2 Å². The summed E-state index contributed by atoms with van der Waals surface area (Å²) in [7, 11) is 4.03. The van der Waals surface area contributed by atoms with Crippen molar-refractivity contribution >= 4 is 16.6 Å². The van der Waals surface area contributed by atoms with Gasteiger partial charge in [-0.3, -0.25) is 4.98 Å². The summed E-state index contributed by atoms with van der Waals surface area (Å²) in [5.74, 6) is 0. The number of rotatable bonds is 2. The van der Waals surface area contributed by atoms with Crippen LogP contribution in [0.15, 0.2) is 24.3 Å². The number of aliphatic hydroxyl groups excluding tert-OH is 1. The first kappa shape index (κ1) is 11.9. The Kier molecular flexibility index (Phi) is 3.03. The third-order valence-electron chi connectivity index (χ3n) is 2.90. The Morgan fingerprint density at radius 3 is 2.53 bits per heavy atom. The zero-order chi connectivity index (χ0) is 12.6. The van der Waals surface area contributed by atoms with Gasteiger partial charge in [0.2, 0.25) is 0 Å². The van der Waals surface area contributed by atoms with Crippen molar-refractivity contribution in [1.29, 1.82) is 0 Å². The van der Waals surface area contributed by atoms with E-state index in [9.17, 15) is 5.11 Å². The fourth-order valence-electron chi connectivity index (χ4n) is 1.98. The fraction of sp³-hybridized carbons (Fsp3) is 0.357. The van der Waals surface area contributed by atoms with E-state index in [2.05, 4.69) is 16.0 Å². The number of hydrogen-bond acceptors (Lipinski definition) is 3. The maximum Gasteiger partial charge on any atom is 0.0762 e. The monoisotopic (exact) mass is 230 g/mol. The molecular weight excluding hydrogens is 212 g/mol. The molecule has 1 unspecified atom stereocenters. The summed E-state index contributed by atoms with van der Waals surface area (Å²) in [5, 5.41) is 10.7. The number of fused-ring (bicyclic) bond motifs is 1. The van der Waals surface area contributed by atoms with Crippen LogP contribution in [0.2, 0.25) is 0 Å². The van der Waals surface area contributed by atoms with Gasteiger partial charge < -0.3 is 10.0 Å². The lowest BCUT2D eigenvalue weighted by Crippen LogP contribution is -2.10. The Labute approximate surface area is 102 Å². The number of hydrogen-bond donors (Lipinski definition) is 1. The van der Waals surface area contributed by atoms with Crippen LogP contribution in [0.3, 0.4) is 0 Å². The van der Waals surface area contributed by atoms with E-state index in [1.54, 1.807) is 6.92 Å². The molecule has 2 rings (SSSR count). The van der Waals surface area contributed by atoms with Crippen LogP contribution in [0.1, 0.15) is 24.3 Å². The smallest absolute Gasteiger partial charge is 0.0762 e. The minimum absolute atomic E-state index is 0.448. The van der Waals surface area contributed by atoms with Gasteiger partial charge in [-0.1, -0.05) is 6.07 Å². The number of aliphatic hydroxyl groups is 1. The molecule has 0 aliphatic heterocycles. The summed E-state index contributed by atoms with van der Waals surface area (Å²) >= 11 is 0. The van der Waals surface area contributed by atoms with E-state index in [0.717, 1.165) is 27.8 Å². The third-order valence-corrected chi connectivity index (χ3v) is 2.90. The normalized spacial score (nSPS) is 12.8. The molecule has 0 aliphatic rings. The van der Waals surface area contributed by atoms with Gasteiger partial charge in [0.1, 0.15) is 0 Å². The Morgan fingerprint density at radius 1 is 1.24 bits per heavy atom. The first-order valence-corrected chi connectivity index (χ1v) is 5.75. The molecule has 0 radical (unpaired) electrons. The Balaban J connectivity index is 2.73. The largest absolute Gasteiger partial charge is 0.389 e. The molecule has 1 heterocycles. The van der Waals surface area contributed by atoms with E-state index in [0.29, 0.717) is 0 Å². The summed E-state index contributed by atoms with van der Waals surface area (Å²) in [4.78, 5) is 6.58. The molecule has 1 aromatic carbocycles. The Morgan fingerprint density at radius 2 is 1.94 bits per heavy atom. The second-order valence-electron chi connectivity index (χ2n) is 4.63. The summed E-state index contributed by atoms with van der Waals surface area (Å²) in [6, 6.07) is 7.98. The highest BCUT2D eigenvalue weighted by atomic mass is 16.3. The number of benzene rings is 1.